The summed E-state index contributed by atoms with van der Waals surface area (Å²) in [6.45, 7) is 3.75. The van der Waals surface area contributed by atoms with Gasteiger partial charge < -0.3 is 21.1 Å². The zero-order chi connectivity index (χ0) is 14.6. The predicted molar refractivity (Wildman–Crippen MR) is 68.3 cm³/mol. The van der Waals surface area contributed by atoms with Crippen molar-refractivity contribution in [2.75, 3.05) is 19.6 Å². The SMILES string of the molecule is CC(C)C1(CNC(=O)N(CC(N)=O)CC(=O)O)CC1. The van der Waals surface area contributed by atoms with Crippen LogP contribution in [-0.2, 0) is 9.59 Å². The van der Waals surface area contributed by atoms with Gasteiger partial charge in [-0.1, -0.05) is 13.8 Å². The first kappa shape index (κ1) is 15.3. The molecule has 0 aromatic rings. The highest BCUT2D eigenvalue weighted by atomic mass is 16.4. The van der Waals surface area contributed by atoms with E-state index >= 15 is 0 Å². The monoisotopic (exact) mass is 271 g/mol. The lowest BCUT2D eigenvalue weighted by Gasteiger charge is -2.24. The van der Waals surface area contributed by atoms with E-state index in [-0.39, 0.29) is 5.41 Å². The van der Waals surface area contributed by atoms with E-state index in [1.807, 2.05) is 0 Å². The van der Waals surface area contributed by atoms with Gasteiger partial charge in [0.25, 0.3) is 0 Å². The van der Waals surface area contributed by atoms with Crippen LogP contribution in [0.3, 0.4) is 0 Å². The highest BCUT2D eigenvalue weighted by Gasteiger charge is 2.45. The molecule has 1 fully saturated rings. The van der Waals surface area contributed by atoms with Crippen LogP contribution in [0.15, 0.2) is 0 Å². The Morgan fingerprint density at radius 2 is 1.89 bits per heavy atom. The molecule has 0 unspecified atom stereocenters. The zero-order valence-corrected chi connectivity index (χ0v) is 11.3. The van der Waals surface area contributed by atoms with Gasteiger partial charge in [-0.15, -0.1) is 0 Å². The summed E-state index contributed by atoms with van der Waals surface area (Å²) in [5.74, 6) is -1.46. The fourth-order valence-electron chi connectivity index (χ4n) is 2.03. The summed E-state index contributed by atoms with van der Waals surface area (Å²) in [7, 11) is 0. The van der Waals surface area contributed by atoms with Crippen molar-refractivity contribution in [1.29, 1.82) is 0 Å². The van der Waals surface area contributed by atoms with E-state index in [1.165, 1.54) is 0 Å². The highest BCUT2D eigenvalue weighted by Crippen LogP contribution is 2.51. The number of carboxylic acids is 1. The van der Waals surface area contributed by atoms with E-state index in [2.05, 4.69) is 19.2 Å². The van der Waals surface area contributed by atoms with Gasteiger partial charge in [0.05, 0.1) is 0 Å². The van der Waals surface area contributed by atoms with Crippen molar-refractivity contribution >= 4 is 17.9 Å². The number of rotatable bonds is 7. The van der Waals surface area contributed by atoms with Crippen LogP contribution >= 0.6 is 0 Å². The molecule has 0 spiro atoms. The van der Waals surface area contributed by atoms with Crippen molar-refractivity contribution in [3.05, 3.63) is 0 Å². The molecule has 108 valence electrons. The van der Waals surface area contributed by atoms with Crippen LogP contribution in [0.1, 0.15) is 26.7 Å². The van der Waals surface area contributed by atoms with Crippen molar-refractivity contribution in [1.82, 2.24) is 10.2 Å². The molecule has 4 N–H and O–H groups in total. The van der Waals surface area contributed by atoms with Gasteiger partial charge in [0.15, 0.2) is 0 Å². The summed E-state index contributed by atoms with van der Waals surface area (Å²) in [6, 6.07) is -0.562. The number of nitrogens with one attached hydrogen (secondary N) is 1. The van der Waals surface area contributed by atoms with Gasteiger partial charge in [-0.25, -0.2) is 4.79 Å². The minimum Gasteiger partial charge on any atom is -0.480 e. The topological polar surface area (TPSA) is 113 Å². The second-order valence-corrected chi connectivity index (χ2v) is 5.39. The number of amides is 3. The van der Waals surface area contributed by atoms with Gasteiger partial charge in [0.2, 0.25) is 5.91 Å². The van der Waals surface area contributed by atoms with Crippen molar-refractivity contribution in [3.8, 4) is 0 Å². The molecule has 0 atom stereocenters. The second kappa shape index (κ2) is 5.90. The maximum Gasteiger partial charge on any atom is 0.323 e. The molecular formula is C12H21N3O4. The number of carbonyl (C=O) groups excluding carboxylic acids is 2. The largest absolute Gasteiger partial charge is 0.480 e. The van der Waals surface area contributed by atoms with Gasteiger partial charge in [-0.2, -0.15) is 0 Å². The number of nitrogens with zero attached hydrogens (tertiary/aromatic N) is 1. The van der Waals surface area contributed by atoms with E-state index in [0.717, 1.165) is 17.7 Å². The molecule has 0 heterocycles. The lowest BCUT2D eigenvalue weighted by molar-refractivity contribution is -0.137. The molecule has 0 aliphatic heterocycles. The maximum absolute atomic E-state index is 11.9. The molecule has 1 aliphatic rings. The number of carboxylic acid groups (broad SMARTS) is 1. The normalized spacial score (nSPS) is 15.9. The van der Waals surface area contributed by atoms with Crippen molar-refractivity contribution in [2.45, 2.75) is 26.7 Å². The van der Waals surface area contributed by atoms with E-state index in [1.54, 1.807) is 0 Å². The Hall–Kier alpha value is -1.79. The lowest BCUT2D eigenvalue weighted by atomic mass is 9.92. The molecule has 7 nitrogen and oxygen atoms in total. The molecule has 0 aromatic heterocycles. The first-order chi connectivity index (χ1) is 8.77. The van der Waals surface area contributed by atoms with Crippen molar-refractivity contribution in [3.63, 3.8) is 0 Å². The average Bonchev–Trinajstić information content (AvgIpc) is 3.04. The summed E-state index contributed by atoms with van der Waals surface area (Å²) in [5, 5.41) is 11.4. The summed E-state index contributed by atoms with van der Waals surface area (Å²) < 4.78 is 0. The van der Waals surface area contributed by atoms with Gasteiger partial charge in [0.1, 0.15) is 13.1 Å². The highest BCUT2D eigenvalue weighted by molar-refractivity contribution is 5.85. The number of primary amides is 1. The average molecular weight is 271 g/mol. The summed E-state index contributed by atoms with van der Waals surface area (Å²) in [6.07, 6.45) is 2.11. The summed E-state index contributed by atoms with van der Waals surface area (Å²) >= 11 is 0. The minimum atomic E-state index is -1.18. The molecule has 1 saturated carbocycles. The van der Waals surface area contributed by atoms with Crippen LogP contribution < -0.4 is 11.1 Å². The quantitative estimate of drug-likeness (QED) is 0.605. The first-order valence-electron chi connectivity index (χ1n) is 6.30. The Morgan fingerprint density at radius 1 is 1.32 bits per heavy atom. The van der Waals surface area contributed by atoms with Crippen molar-refractivity contribution < 1.29 is 19.5 Å². The molecule has 0 aromatic carbocycles. The van der Waals surface area contributed by atoms with Crippen LogP contribution in [0.25, 0.3) is 0 Å². The van der Waals surface area contributed by atoms with E-state index < -0.39 is 31.0 Å². The van der Waals surface area contributed by atoms with Crippen LogP contribution in [0.5, 0.6) is 0 Å². The van der Waals surface area contributed by atoms with Gasteiger partial charge in [0, 0.05) is 6.54 Å². The Balaban J connectivity index is 2.52. The molecule has 1 rings (SSSR count). The first-order valence-corrected chi connectivity index (χ1v) is 6.30. The molecule has 0 bridgehead atoms. The number of aliphatic carboxylic acids is 1. The molecule has 19 heavy (non-hydrogen) atoms. The molecule has 0 radical (unpaired) electrons. The Bertz CT molecular complexity index is 361. The zero-order valence-electron chi connectivity index (χ0n) is 11.3. The fourth-order valence-corrected chi connectivity index (χ4v) is 2.03. The number of nitrogens with two attached hydrogens (primary N) is 1. The number of hydrogen-bond acceptors (Lipinski definition) is 3. The van der Waals surface area contributed by atoms with Gasteiger partial charge >= 0.3 is 12.0 Å². The molecule has 7 heteroatoms. The predicted octanol–water partition coefficient (Wildman–Crippen LogP) is 0.00410. The van der Waals surface area contributed by atoms with Crippen LogP contribution in [0, 0.1) is 11.3 Å². The van der Waals surface area contributed by atoms with E-state index in [0.29, 0.717) is 12.5 Å². The smallest absolute Gasteiger partial charge is 0.323 e. The third kappa shape index (κ3) is 4.42. The maximum atomic E-state index is 11.9. The fraction of sp³-hybridized carbons (Fsp3) is 0.750. The molecule has 3 amide bonds. The molecule has 0 saturated heterocycles. The standard InChI is InChI=1S/C12H21N3O4/c1-8(2)12(3-4-12)7-14-11(19)15(5-9(13)16)6-10(17)18/h8H,3-7H2,1-2H3,(H2,13,16)(H,14,19)(H,17,18). The molecule has 1 aliphatic carbocycles. The van der Waals surface area contributed by atoms with E-state index in [4.69, 9.17) is 10.8 Å². The van der Waals surface area contributed by atoms with Gasteiger partial charge in [-0.05, 0) is 24.2 Å². The van der Waals surface area contributed by atoms with E-state index in [9.17, 15) is 14.4 Å². The van der Waals surface area contributed by atoms with Gasteiger partial charge in [-0.3, -0.25) is 9.59 Å². The minimum absolute atomic E-state index is 0.122. The lowest BCUT2D eigenvalue weighted by Crippen LogP contribution is -2.48. The van der Waals surface area contributed by atoms with Crippen LogP contribution in [0.4, 0.5) is 4.79 Å². The summed E-state index contributed by atoms with van der Waals surface area (Å²) in [5.41, 5.74) is 5.12. The number of hydrogen-bond donors (Lipinski definition) is 3. The Morgan fingerprint density at radius 3 is 2.26 bits per heavy atom. The van der Waals surface area contributed by atoms with Crippen LogP contribution in [0.2, 0.25) is 0 Å². The summed E-state index contributed by atoms with van der Waals surface area (Å²) in [4.78, 5) is 34.2. The second-order valence-electron chi connectivity index (χ2n) is 5.39. The molecular weight excluding hydrogens is 250 g/mol. The number of carbonyl (C=O) groups is 3. The number of urea groups is 1. The van der Waals surface area contributed by atoms with Crippen LogP contribution in [-0.4, -0.2) is 47.5 Å². The Kier molecular flexibility index (Phi) is 4.74. The Labute approximate surface area is 112 Å². The third-order valence-corrected chi connectivity index (χ3v) is 3.67. The third-order valence-electron chi connectivity index (χ3n) is 3.67. The van der Waals surface area contributed by atoms with Crippen molar-refractivity contribution in [2.24, 2.45) is 17.1 Å².